The Hall–Kier alpha value is -1.64. The fourth-order valence-corrected chi connectivity index (χ4v) is 11.0. The molecule has 0 spiro atoms. The number of nitrogens with zero attached hydrogens (tertiary/aromatic N) is 1. The van der Waals surface area contributed by atoms with Gasteiger partial charge in [-0.05, 0) is 104 Å². The predicted molar refractivity (Wildman–Crippen MR) is 206 cm³/mol. The van der Waals surface area contributed by atoms with Crippen molar-refractivity contribution in [3.63, 3.8) is 0 Å². The highest BCUT2D eigenvalue weighted by Gasteiger charge is 2.59. The van der Waals surface area contributed by atoms with Gasteiger partial charge in [0, 0.05) is 20.1 Å². The molecule has 0 saturated heterocycles. The van der Waals surface area contributed by atoms with Gasteiger partial charge in [0.05, 0.1) is 25.9 Å². The number of fused-ring (bicyclic) bond motifs is 5. The number of nitrogens with one attached hydrogen (secondary N) is 1. The van der Waals surface area contributed by atoms with Crippen LogP contribution in [0.15, 0.2) is 11.6 Å². The number of ether oxygens (including phenoxy) is 2. The Labute approximate surface area is 324 Å². The Bertz CT molecular complexity index is 1230. The zero-order chi connectivity index (χ0) is 39.8. The molecular formula is C42H74N2O10. The lowest BCUT2D eigenvalue weighted by molar-refractivity contribution is -0.156. The minimum Gasteiger partial charge on any atom is -0.394 e. The fraction of sp³-hybridized carbons (Fsp3) is 0.905. The average molecular weight is 767 g/mol. The summed E-state index contributed by atoms with van der Waals surface area (Å²) in [6.07, 6.45) is 7.31. The molecule has 0 aromatic rings. The molecule has 3 fully saturated rings. The van der Waals surface area contributed by atoms with E-state index in [1.54, 1.807) is 12.6 Å². The van der Waals surface area contributed by atoms with E-state index in [9.17, 15) is 35.1 Å². The second kappa shape index (κ2) is 20.2. The Kier molecular flexibility index (Phi) is 16.8. The summed E-state index contributed by atoms with van der Waals surface area (Å²) < 4.78 is 11.9. The van der Waals surface area contributed by atoms with E-state index in [1.165, 1.54) is 62.7 Å². The SMILES string of the molecule is CC(C)CCC[C@@H](C)[C@H]1CC[C@H]2[C@@H]3CC=C4C[C@@H](OCCOCC(=O)N(C)CCCNC(=O)C(O)[C@H](O)[C@@H](O)[C@H](O)[C@@H](O)CO)CC[C@]4(C)[C@H]3CC[C@]12C. The minimum atomic E-state index is -2.09. The van der Waals surface area contributed by atoms with Crippen molar-refractivity contribution in [2.45, 2.75) is 148 Å². The molecule has 1 unspecified atom stereocenters. The molecule has 0 heterocycles. The maximum Gasteiger partial charge on any atom is 0.251 e. The van der Waals surface area contributed by atoms with Crippen LogP contribution < -0.4 is 5.32 Å². The summed E-state index contributed by atoms with van der Waals surface area (Å²) in [5, 5.41) is 60.2. The molecule has 0 bridgehead atoms. The summed E-state index contributed by atoms with van der Waals surface area (Å²) >= 11 is 0. The predicted octanol–water partition coefficient (Wildman–Crippen LogP) is 3.19. The molecule has 0 radical (unpaired) electrons. The van der Waals surface area contributed by atoms with Gasteiger partial charge in [-0.15, -0.1) is 0 Å². The molecular weight excluding hydrogens is 692 g/mol. The van der Waals surface area contributed by atoms with Crippen molar-refractivity contribution in [2.24, 2.45) is 46.3 Å². The number of hydrogen-bond donors (Lipinski definition) is 7. The van der Waals surface area contributed by atoms with E-state index in [4.69, 9.17) is 14.6 Å². The van der Waals surface area contributed by atoms with Gasteiger partial charge in [-0.25, -0.2) is 0 Å². The standard InChI is InChI=1S/C42H74N2O10/c1-26(2)9-7-10-27(3)31-13-14-32-30-12-11-28-23-29(15-17-41(28,4)33(30)16-18-42(31,32)5)54-22-21-53-25-35(47)44(6)20-8-19-43-40(52)39(51)38(50)37(49)36(48)34(46)24-45/h11,26-27,29-34,36-39,45-46,48-51H,7-10,12-25H2,1-6H3,(H,43,52)/t27-,29+,30+,31-,32+,33+,34+,36-,37+,38-,39?,41+,42-/m1/s1. The van der Waals surface area contributed by atoms with Crippen LogP contribution in [-0.2, 0) is 19.1 Å². The Morgan fingerprint density at radius 3 is 2.37 bits per heavy atom. The molecule has 7 N–H and O–H groups in total. The summed E-state index contributed by atoms with van der Waals surface area (Å²) in [4.78, 5) is 26.2. The monoisotopic (exact) mass is 767 g/mol. The third-order valence-electron chi connectivity index (χ3n) is 14.3. The van der Waals surface area contributed by atoms with Crippen LogP contribution in [0.3, 0.4) is 0 Å². The number of carbonyl (C=O) groups is 2. The first-order chi connectivity index (χ1) is 25.5. The van der Waals surface area contributed by atoms with Crippen molar-refractivity contribution < 1.29 is 49.7 Å². The van der Waals surface area contributed by atoms with Crippen LogP contribution in [0.1, 0.15) is 112 Å². The summed E-state index contributed by atoms with van der Waals surface area (Å²) in [6.45, 7) is 12.6. The molecule has 4 aliphatic carbocycles. The molecule has 0 aromatic heterocycles. The number of amides is 2. The van der Waals surface area contributed by atoms with Crippen molar-refractivity contribution in [3.8, 4) is 0 Å². The number of likely N-dealkylation sites (N-methyl/N-ethyl adjacent to an activating group) is 1. The van der Waals surface area contributed by atoms with Crippen molar-refractivity contribution in [2.75, 3.05) is 46.6 Å². The summed E-state index contributed by atoms with van der Waals surface area (Å²) in [5.74, 6) is 3.74. The lowest BCUT2D eigenvalue weighted by Crippen LogP contribution is -2.54. The van der Waals surface area contributed by atoms with Crippen LogP contribution in [0.5, 0.6) is 0 Å². The molecule has 13 atom stereocenters. The summed E-state index contributed by atoms with van der Waals surface area (Å²) in [7, 11) is 1.63. The second-order valence-corrected chi connectivity index (χ2v) is 18.2. The lowest BCUT2D eigenvalue weighted by atomic mass is 9.47. The van der Waals surface area contributed by atoms with E-state index in [1.807, 2.05) is 0 Å². The van der Waals surface area contributed by atoms with Crippen LogP contribution in [0.2, 0.25) is 0 Å². The van der Waals surface area contributed by atoms with Crippen molar-refractivity contribution in [1.82, 2.24) is 10.2 Å². The van der Waals surface area contributed by atoms with E-state index in [0.717, 1.165) is 48.3 Å². The highest BCUT2D eigenvalue weighted by molar-refractivity contribution is 5.81. The smallest absolute Gasteiger partial charge is 0.251 e. The number of aliphatic hydroxyl groups is 6. The van der Waals surface area contributed by atoms with E-state index < -0.39 is 43.0 Å². The second-order valence-electron chi connectivity index (χ2n) is 18.2. The van der Waals surface area contributed by atoms with Gasteiger partial charge in [0.1, 0.15) is 31.0 Å². The average Bonchev–Trinajstić information content (AvgIpc) is 3.51. The van der Waals surface area contributed by atoms with Gasteiger partial charge in [-0.1, -0.05) is 65.5 Å². The van der Waals surface area contributed by atoms with E-state index in [-0.39, 0.29) is 30.6 Å². The Morgan fingerprint density at radius 1 is 0.926 bits per heavy atom. The van der Waals surface area contributed by atoms with Gasteiger partial charge >= 0.3 is 0 Å². The number of aliphatic hydroxyl groups excluding tert-OH is 6. The first-order valence-electron chi connectivity index (χ1n) is 21.0. The highest BCUT2D eigenvalue weighted by Crippen LogP contribution is 2.67. The van der Waals surface area contributed by atoms with Gasteiger partial charge in [0.25, 0.3) is 5.91 Å². The zero-order valence-electron chi connectivity index (χ0n) is 34.0. The highest BCUT2D eigenvalue weighted by atomic mass is 16.5. The maximum absolute atomic E-state index is 12.6. The maximum atomic E-state index is 12.6. The lowest BCUT2D eigenvalue weighted by Gasteiger charge is -2.58. The number of rotatable bonds is 21. The van der Waals surface area contributed by atoms with E-state index >= 15 is 0 Å². The summed E-state index contributed by atoms with van der Waals surface area (Å²) in [6, 6.07) is 0. The molecule has 2 amide bonds. The molecule has 4 rings (SSSR count). The summed E-state index contributed by atoms with van der Waals surface area (Å²) in [5.41, 5.74) is 2.38. The topological polar surface area (TPSA) is 189 Å². The fourth-order valence-electron chi connectivity index (χ4n) is 11.0. The normalized spacial score (nSPS) is 32.7. The molecule has 0 aliphatic heterocycles. The van der Waals surface area contributed by atoms with Crippen molar-refractivity contribution in [3.05, 3.63) is 11.6 Å². The van der Waals surface area contributed by atoms with E-state index in [2.05, 4.69) is 46.0 Å². The third kappa shape index (κ3) is 10.6. The largest absolute Gasteiger partial charge is 0.394 e. The quantitative estimate of drug-likeness (QED) is 0.0676. The van der Waals surface area contributed by atoms with Crippen LogP contribution >= 0.6 is 0 Å². The first-order valence-corrected chi connectivity index (χ1v) is 21.0. The van der Waals surface area contributed by atoms with Crippen LogP contribution in [0, 0.1) is 46.3 Å². The number of carbonyl (C=O) groups excluding carboxylic acids is 2. The third-order valence-corrected chi connectivity index (χ3v) is 14.3. The molecule has 12 nitrogen and oxygen atoms in total. The van der Waals surface area contributed by atoms with Gasteiger partial charge in [-0.2, -0.15) is 0 Å². The molecule has 4 aliphatic rings. The van der Waals surface area contributed by atoms with Gasteiger partial charge < -0.3 is 50.3 Å². The van der Waals surface area contributed by atoms with Gasteiger partial charge in [0.15, 0.2) is 6.10 Å². The first kappa shape index (κ1) is 45.1. The number of allylic oxidation sites excluding steroid dienone is 1. The van der Waals surface area contributed by atoms with Crippen LogP contribution in [0.4, 0.5) is 0 Å². The van der Waals surface area contributed by atoms with Crippen LogP contribution in [-0.4, -0.2) is 131 Å². The Balaban J connectivity index is 1.12. The molecule has 12 heteroatoms. The van der Waals surface area contributed by atoms with Crippen LogP contribution in [0.25, 0.3) is 0 Å². The molecule has 3 saturated carbocycles. The zero-order valence-corrected chi connectivity index (χ0v) is 34.0. The number of hydrogen-bond acceptors (Lipinski definition) is 10. The van der Waals surface area contributed by atoms with Gasteiger partial charge in [-0.3, -0.25) is 9.59 Å². The Morgan fingerprint density at radius 2 is 1.67 bits per heavy atom. The molecule has 0 aromatic carbocycles. The molecule has 312 valence electrons. The molecule has 54 heavy (non-hydrogen) atoms. The minimum absolute atomic E-state index is 0.0729. The van der Waals surface area contributed by atoms with Crippen molar-refractivity contribution in [1.29, 1.82) is 0 Å². The van der Waals surface area contributed by atoms with Crippen molar-refractivity contribution >= 4 is 11.8 Å². The van der Waals surface area contributed by atoms with E-state index in [0.29, 0.717) is 31.6 Å². The van der Waals surface area contributed by atoms with Gasteiger partial charge in [0.2, 0.25) is 5.91 Å².